The second-order valence-corrected chi connectivity index (χ2v) is 2.98. The average Bonchev–Trinajstić information content (AvgIpc) is 2.01. The second kappa shape index (κ2) is 4.12. The number of carbonyl (C=O) groups is 1. The molecule has 0 radical (unpaired) electrons. The Morgan fingerprint density at radius 2 is 2.33 bits per heavy atom. The number of rotatable bonds is 2. The highest BCUT2D eigenvalue weighted by Crippen LogP contribution is 2.09. The summed E-state index contributed by atoms with van der Waals surface area (Å²) in [5.74, 6) is -0.0324. The monoisotopic (exact) mass is 183 g/mol. The van der Waals surface area contributed by atoms with E-state index in [-0.39, 0.29) is 5.91 Å². The molecule has 0 bridgehead atoms. The molecule has 1 aromatic carbocycles. The summed E-state index contributed by atoms with van der Waals surface area (Å²) in [5, 5.41) is 3.38. The van der Waals surface area contributed by atoms with Gasteiger partial charge < -0.3 is 5.32 Å². The SMILES string of the molecule is CC(=O)NCc1cccc(Cl)c1. The average molecular weight is 184 g/mol. The maximum Gasteiger partial charge on any atom is 0.217 e. The number of hydrogen-bond acceptors (Lipinski definition) is 1. The molecule has 0 unspecified atom stereocenters. The van der Waals surface area contributed by atoms with E-state index in [0.29, 0.717) is 11.6 Å². The zero-order valence-electron chi connectivity index (χ0n) is 6.80. The van der Waals surface area contributed by atoms with Crippen LogP contribution in [0, 0.1) is 0 Å². The van der Waals surface area contributed by atoms with E-state index in [1.54, 1.807) is 6.07 Å². The summed E-state index contributed by atoms with van der Waals surface area (Å²) in [4.78, 5) is 10.6. The van der Waals surface area contributed by atoms with E-state index in [9.17, 15) is 4.79 Å². The zero-order valence-corrected chi connectivity index (χ0v) is 7.56. The normalized spacial score (nSPS) is 9.50. The largest absolute Gasteiger partial charge is 0.352 e. The van der Waals surface area contributed by atoms with E-state index < -0.39 is 0 Å². The van der Waals surface area contributed by atoms with Crippen molar-refractivity contribution in [2.45, 2.75) is 13.5 Å². The highest BCUT2D eigenvalue weighted by atomic mass is 35.5. The first-order chi connectivity index (χ1) is 5.68. The predicted molar refractivity (Wildman–Crippen MR) is 49.0 cm³/mol. The summed E-state index contributed by atoms with van der Waals surface area (Å²) in [7, 11) is 0. The standard InChI is InChI=1S/C9H10ClNO/c1-7(12)11-6-8-3-2-4-9(10)5-8/h2-5H,6H2,1H3,(H,11,12). The van der Waals surface area contributed by atoms with Crippen LogP contribution in [0.5, 0.6) is 0 Å². The van der Waals surface area contributed by atoms with Gasteiger partial charge in [0.1, 0.15) is 0 Å². The van der Waals surface area contributed by atoms with Crippen LogP contribution in [0.3, 0.4) is 0 Å². The number of amides is 1. The molecule has 0 fully saturated rings. The van der Waals surface area contributed by atoms with E-state index in [2.05, 4.69) is 5.32 Å². The van der Waals surface area contributed by atoms with Crippen molar-refractivity contribution >= 4 is 17.5 Å². The molecule has 1 N–H and O–H groups in total. The fourth-order valence-electron chi connectivity index (χ4n) is 0.873. The smallest absolute Gasteiger partial charge is 0.217 e. The van der Waals surface area contributed by atoms with Crippen molar-refractivity contribution in [3.8, 4) is 0 Å². The minimum absolute atomic E-state index is 0.0324. The van der Waals surface area contributed by atoms with Gasteiger partial charge in [0.15, 0.2) is 0 Å². The Hall–Kier alpha value is -1.02. The van der Waals surface area contributed by atoms with Crippen LogP contribution in [-0.4, -0.2) is 5.91 Å². The molecule has 0 aliphatic carbocycles. The van der Waals surface area contributed by atoms with Gasteiger partial charge in [-0.2, -0.15) is 0 Å². The molecular weight excluding hydrogens is 174 g/mol. The first-order valence-corrected chi connectivity index (χ1v) is 4.05. The molecule has 1 aromatic rings. The number of benzene rings is 1. The van der Waals surface area contributed by atoms with Crippen LogP contribution in [0.25, 0.3) is 0 Å². The molecule has 64 valence electrons. The van der Waals surface area contributed by atoms with E-state index in [0.717, 1.165) is 5.56 Å². The lowest BCUT2D eigenvalue weighted by Gasteiger charge is -2.01. The molecular formula is C9H10ClNO. The lowest BCUT2D eigenvalue weighted by molar-refractivity contribution is -0.119. The molecule has 0 heterocycles. The lowest BCUT2D eigenvalue weighted by Crippen LogP contribution is -2.18. The molecule has 0 aliphatic heterocycles. The summed E-state index contributed by atoms with van der Waals surface area (Å²) in [6.07, 6.45) is 0. The van der Waals surface area contributed by atoms with Crippen molar-refractivity contribution < 1.29 is 4.79 Å². The summed E-state index contributed by atoms with van der Waals surface area (Å²) < 4.78 is 0. The van der Waals surface area contributed by atoms with Crippen LogP contribution < -0.4 is 5.32 Å². The third-order valence-electron chi connectivity index (χ3n) is 1.43. The van der Waals surface area contributed by atoms with Gasteiger partial charge in [0.05, 0.1) is 0 Å². The van der Waals surface area contributed by atoms with Gasteiger partial charge >= 0.3 is 0 Å². The molecule has 0 spiro atoms. The van der Waals surface area contributed by atoms with Gasteiger partial charge in [-0.15, -0.1) is 0 Å². The highest BCUT2D eigenvalue weighted by Gasteiger charge is 1.94. The lowest BCUT2D eigenvalue weighted by atomic mass is 10.2. The highest BCUT2D eigenvalue weighted by molar-refractivity contribution is 6.30. The summed E-state index contributed by atoms with van der Waals surface area (Å²) in [5.41, 5.74) is 1.01. The first-order valence-electron chi connectivity index (χ1n) is 3.67. The zero-order chi connectivity index (χ0) is 8.97. The summed E-state index contributed by atoms with van der Waals surface area (Å²) in [6, 6.07) is 7.41. The third kappa shape index (κ3) is 2.93. The Morgan fingerprint density at radius 3 is 2.92 bits per heavy atom. The Morgan fingerprint density at radius 1 is 1.58 bits per heavy atom. The topological polar surface area (TPSA) is 29.1 Å². The molecule has 12 heavy (non-hydrogen) atoms. The van der Waals surface area contributed by atoms with E-state index >= 15 is 0 Å². The first kappa shape index (κ1) is 9.07. The third-order valence-corrected chi connectivity index (χ3v) is 1.67. The molecule has 2 nitrogen and oxygen atoms in total. The summed E-state index contributed by atoms with van der Waals surface area (Å²) >= 11 is 5.75. The quantitative estimate of drug-likeness (QED) is 0.747. The minimum Gasteiger partial charge on any atom is -0.352 e. The van der Waals surface area contributed by atoms with Crippen molar-refractivity contribution in [3.05, 3.63) is 34.9 Å². The molecule has 0 saturated carbocycles. The van der Waals surface area contributed by atoms with Crippen LogP contribution in [0.2, 0.25) is 5.02 Å². The Labute approximate surface area is 76.5 Å². The second-order valence-electron chi connectivity index (χ2n) is 2.54. The minimum atomic E-state index is -0.0324. The van der Waals surface area contributed by atoms with Crippen LogP contribution in [0.15, 0.2) is 24.3 Å². The van der Waals surface area contributed by atoms with Crippen molar-refractivity contribution in [1.29, 1.82) is 0 Å². The summed E-state index contributed by atoms with van der Waals surface area (Å²) in [6.45, 7) is 2.03. The van der Waals surface area contributed by atoms with Crippen molar-refractivity contribution in [1.82, 2.24) is 5.32 Å². The number of carbonyl (C=O) groups excluding carboxylic acids is 1. The van der Waals surface area contributed by atoms with Gasteiger partial charge in [-0.3, -0.25) is 4.79 Å². The van der Waals surface area contributed by atoms with Crippen molar-refractivity contribution in [2.24, 2.45) is 0 Å². The molecule has 0 atom stereocenters. The Balaban J connectivity index is 2.57. The fraction of sp³-hybridized carbons (Fsp3) is 0.222. The van der Waals surface area contributed by atoms with Crippen molar-refractivity contribution in [2.75, 3.05) is 0 Å². The number of hydrogen-bond donors (Lipinski definition) is 1. The number of nitrogens with one attached hydrogen (secondary N) is 1. The Kier molecular flexibility index (Phi) is 3.11. The fourth-order valence-corrected chi connectivity index (χ4v) is 1.09. The molecule has 3 heteroatoms. The van der Waals surface area contributed by atoms with Crippen LogP contribution in [-0.2, 0) is 11.3 Å². The van der Waals surface area contributed by atoms with Gasteiger partial charge in [-0.05, 0) is 17.7 Å². The van der Waals surface area contributed by atoms with Gasteiger partial charge in [-0.25, -0.2) is 0 Å². The molecule has 1 amide bonds. The van der Waals surface area contributed by atoms with Crippen molar-refractivity contribution in [3.63, 3.8) is 0 Å². The van der Waals surface area contributed by atoms with Gasteiger partial charge in [-0.1, -0.05) is 23.7 Å². The maximum absolute atomic E-state index is 10.6. The van der Waals surface area contributed by atoms with Crippen LogP contribution >= 0.6 is 11.6 Å². The van der Waals surface area contributed by atoms with Gasteiger partial charge in [0, 0.05) is 18.5 Å². The number of halogens is 1. The molecule has 0 saturated heterocycles. The Bertz CT molecular complexity index is 286. The van der Waals surface area contributed by atoms with Crippen LogP contribution in [0.1, 0.15) is 12.5 Å². The molecule has 0 aliphatic rings. The van der Waals surface area contributed by atoms with Crippen LogP contribution in [0.4, 0.5) is 0 Å². The predicted octanol–water partition coefficient (Wildman–Crippen LogP) is 1.98. The van der Waals surface area contributed by atoms with E-state index in [4.69, 9.17) is 11.6 Å². The van der Waals surface area contributed by atoms with E-state index in [1.165, 1.54) is 6.92 Å². The van der Waals surface area contributed by atoms with Gasteiger partial charge in [0.2, 0.25) is 5.91 Å². The molecule has 0 aromatic heterocycles. The van der Waals surface area contributed by atoms with E-state index in [1.807, 2.05) is 18.2 Å². The van der Waals surface area contributed by atoms with Gasteiger partial charge in [0.25, 0.3) is 0 Å². The molecule has 1 rings (SSSR count). The maximum atomic E-state index is 10.6.